The van der Waals surface area contributed by atoms with Crippen LogP contribution in [-0.2, 0) is 11.3 Å². The molecule has 0 aliphatic heterocycles. The summed E-state index contributed by atoms with van der Waals surface area (Å²) >= 11 is 5.69. The molecule has 1 aromatic carbocycles. The second-order valence-corrected chi connectivity index (χ2v) is 4.69. The third-order valence-electron chi connectivity index (χ3n) is 2.68. The van der Waals surface area contributed by atoms with Gasteiger partial charge in [0.15, 0.2) is 0 Å². The lowest BCUT2D eigenvalue weighted by molar-refractivity contribution is -0.120. The number of halogens is 2. The summed E-state index contributed by atoms with van der Waals surface area (Å²) in [5.74, 6) is -0.262. The molecule has 0 radical (unpaired) electrons. The molecule has 0 fully saturated rings. The number of hydrogen-bond acceptors (Lipinski definition) is 2. The molecule has 0 saturated heterocycles. The van der Waals surface area contributed by atoms with Gasteiger partial charge in [0, 0.05) is 30.6 Å². The maximum atomic E-state index is 13.5. The molecule has 0 aromatic heterocycles. The molecule has 0 bridgehead atoms. The zero-order valence-electron chi connectivity index (χ0n) is 10.7. The molecule has 1 N–H and O–H groups in total. The molecule has 5 heteroatoms. The van der Waals surface area contributed by atoms with Crippen LogP contribution in [0.2, 0.25) is 5.02 Å². The molecule has 0 aliphatic carbocycles. The van der Waals surface area contributed by atoms with Crippen molar-refractivity contribution in [2.45, 2.75) is 19.4 Å². The van der Waals surface area contributed by atoms with Crippen LogP contribution in [0.1, 0.15) is 18.4 Å². The molecule has 0 aliphatic rings. The Labute approximate surface area is 112 Å². The Morgan fingerprint density at radius 1 is 1.50 bits per heavy atom. The van der Waals surface area contributed by atoms with Crippen LogP contribution in [0.3, 0.4) is 0 Å². The number of benzene rings is 1. The largest absolute Gasteiger partial charge is 0.359 e. The Morgan fingerprint density at radius 3 is 2.83 bits per heavy atom. The highest BCUT2D eigenvalue weighted by atomic mass is 35.5. The number of carbonyl (C=O) groups is 1. The van der Waals surface area contributed by atoms with Crippen molar-refractivity contribution in [3.63, 3.8) is 0 Å². The molecule has 0 atom stereocenters. The van der Waals surface area contributed by atoms with E-state index in [2.05, 4.69) is 5.32 Å². The van der Waals surface area contributed by atoms with Gasteiger partial charge >= 0.3 is 0 Å². The van der Waals surface area contributed by atoms with E-state index in [-0.39, 0.29) is 11.7 Å². The Bertz CT molecular complexity index is 412. The van der Waals surface area contributed by atoms with Crippen molar-refractivity contribution in [2.24, 2.45) is 0 Å². The number of rotatable bonds is 6. The second kappa shape index (κ2) is 7.34. The van der Waals surface area contributed by atoms with Gasteiger partial charge in [0.05, 0.1) is 0 Å². The first-order valence-corrected chi connectivity index (χ1v) is 6.23. The highest BCUT2D eigenvalue weighted by Gasteiger charge is 2.07. The summed E-state index contributed by atoms with van der Waals surface area (Å²) < 4.78 is 13.5. The van der Waals surface area contributed by atoms with Gasteiger partial charge in [-0.1, -0.05) is 17.7 Å². The van der Waals surface area contributed by atoms with E-state index in [0.717, 1.165) is 13.0 Å². The van der Waals surface area contributed by atoms with E-state index >= 15 is 0 Å². The second-order valence-electron chi connectivity index (χ2n) is 4.25. The van der Waals surface area contributed by atoms with Crippen molar-refractivity contribution in [3.05, 3.63) is 34.6 Å². The molecular formula is C13H18ClFN2O. The third kappa shape index (κ3) is 5.02. The van der Waals surface area contributed by atoms with Crippen LogP contribution in [-0.4, -0.2) is 31.4 Å². The van der Waals surface area contributed by atoms with Crippen LogP contribution < -0.4 is 5.32 Å². The third-order valence-corrected chi connectivity index (χ3v) is 2.91. The summed E-state index contributed by atoms with van der Waals surface area (Å²) in [6.07, 6.45) is 1.25. The first kappa shape index (κ1) is 14.9. The standard InChI is InChI=1S/C13H18ClFN2O/c1-16-13(18)4-3-7-17(2)9-10-5-6-11(14)8-12(10)15/h5-6,8H,3-4,7,9H2,1-2H3,(H,16,18). The summed E-state index contributed by atoms with van der Waals surface area (Å²) in [4.78, 5) is 13.0. The fraction of sp³-hybridized carbons (Fsp3) is 0.462. The minimum absolute atomic E-state index is 0.0288. The van der Waals surface area contributed by atoms with Crippen molar-refractivity contribution < 1.29 is 9.18 Å². The minimum Gasteiger partial charge on any atom is -0.359 e. The zero-order chi connectivity index (χ0) is 13.5. The number of nitrogens with zero attached hydrogens (tertiary/aromatic N) is 1. The average Bonchev–Trinajstić information content (AvgIpc) is 2.32. The Kier molecular flexibility index (Phi) is 6.09. The average molecular weight is 273 g/mol. The van der Waals surface area contributed by atoms with Crippen LogP contribution in [0.25, 0.3) is 0 Å². The molecule has 100 valence electrons. The Balaban J connectivity index is 2.39. The highest BCUT2D eigenvalue weighted by Crippen LogP contribution is 2.15. The van der Waals surface area contributed by atoms with E-state index in [1.54, 1.807) is 19.2 Å². The number of hydrogen-bond donors (Lipinski definition) is 1. The van der Waals surface area contributed by atoms with Crippen LogP contribution in [0.5, 0.6) is 0 Å². The number of nitrogens with one attached hydrogen (secondary N) is 1. The fourth-order valence-electron chi connectivity index (χ4n) is 1.65. The van der Waals surface area contributed by atoms with Crippen molar-refractivity contribution in [1.82, 2.24) is 10.2 Å². The molecule has 1 amide bonds. The quantitative estimate of drug-likeness (QED) is 0.863. The molecule has 0 spiro atoms. The predicted molar refractivity (Wildman–Crippen MR) is 71.0 cm³/mol. The molecule has 0 unspecified atom stereocenters. The molecule has 0 heterocycles. The van der Waals surface area contributed by atoms with E-state index in [1.165, 1.54) is 6.07 Å². The van der Waals surface area contributed by atoms with Gasteiger partial charge in [-0.3, -0.25) is 4.79 Å². The van der Waals surface area contributed by atoms with Gasteiger partial charge in [0.25, 0.3) is 0 Å². The van der Waals surface area contributed by atoms with Crippen molar-refractivity contribution in [3.8, 4) is 0 Å². The van der Waals surface area contributed by atoms with E-state index < -0.39 is 0 Å². The number of carbonyl (C=O) groups excluding carboxylic acids is 1. The summed E-state index contributed by atoms with van der Waals surface area (Å²) in [6, 6.07) is 4.68. The van der Waals surface area contributed by atoms with Gasteiger partial charge in [0.2, 0.25) is 5.91 Å². The van der Waals surface area contributed by atoms with Crippen molar-refractivity contribution in [2.75, 3.05) is 20.6 Å². The SMILES string of the molecule is CNC(=O)CCCN(C)Cc1ccc(Cl)cc1F. The van der Waals surface area contributed by atoms with Gasteiger partial charge in [-0.15, -0.1) is 0 Å². The highest BCUT2D eigenvalue weighted by molar-refractivity contribution is 6.30. The summed E-state index contributed by atoms with van der Waals surface area (Å²) in [5.41, 5.74) is 0.613. The van der Waals surface area contributed by atoms with Gasteiger partial charge in [-0.2, -0.15) is 0 Å². The molecular weight excluding hydrogens is 255 g/mol. The normalized spacial score (nSPS) is 10.7. The van der Waals surface area contributed by atoms with E-state index in [1.807, 2.05) is 11.9 Å². The maximum absolute atomic E-state index is 13.5. The lowest BCUT2D eigenvalue weighted by Gasteiger charge is -2.16. The van der Waals surface area contributed by atoms with Gasteiger partial charge in [-0.05, 0) is 32.1 Å². The maximum Gasteiger partial charge on any atom is 0.219 e. The molecule has 1 rings (SSSR count). The summed E-state index contributed by atoms with van der Waals surface area (Å²) in [5, 5.41) is 2.97. The van der Waals surface area contributed by atoms with Crippen LogP contribution >= 0.6 is 11.6 Å². The Hall–Kier alpha value is -1.13. The summed E-state index contributed by atoms with van der Waals surface area (Å²) in [6.45, 7) is 1.26. The van der Waals surface area contributed by atoms with Crippen molar-refractivity contribution >= 4 is 17.5 Å². The lowest BCUT2D eigenvalue weighted by atomic mass is 10.2. The van der Waals surface area contributed by atoms with Gasteiger partial charge < -0.3 is 10.2 Å². The van der Waals surface area contributed by atoms with Crippen LogP contribution in [0.4, 0.5) is 4.39 Å². The fourth-order valence-corrected chi connectivity index (χ4v) is 1.81. The first-order chi connectivity index (χ1) is 8.52. The lowest BCUT2D eigenvalue weighted by Crippen LogP contribution is -2.23. The van der Waals surface area contributed by atoms with E-state index in [9.17, 15) is 9.18 Å². The first-order valence-electron chi connectivity index (χ1n) is 5.86. The van der Waals surface area contributed by atoms with E-state index in [0.29, 0.717) is 23.6 Å². The van der Waals surface area contributed by atoms with Gasteiger partial charge in [0.1, 0.15) is 5.82 Å². The topological polar surface area (TPSA) is 32.3 Å². The number of amides is 1. The summed E-state index contributed by atoms with van der Waals surface area (Å²) in [7, 11) is 3.52. The molecule has 1 aromatic rings. The van der Waals surface area contributed by atoms with Crippen LogP contribution in [0, 0.1) is 5.82 Å². The van der Waals surface area contributed by atoms with E-state index in [4.69, 9.17) is 11.6 Å². The zero-order valence-corrected chi connectivity index (χ0v) is 11.4. The molecule has 0 saturated carbocycles. The predicted octanol–water partition coefficient (Wildman–Crippen LogP) is 2.44. The minimum atomic E-state index is -0.291. The Morgan fingerprint density at radius 2 is 2.22 bits per heavy atom. The van der Waals surface area contributed by atoms with Crippen LogP contribution in [0.15, 0.2) is 18.2 Å². The monoisotopic (exact) mass is 272 g/mol. The van der Waals surface area contributed by atoms with Gasteiger partial charge in [-0.25, -0.2) is 4.39 Å². The molecule has 3 nitrogen and oxygen atoms in total. The molecule has 18 heavy (non-hydrogen) atoms. The smallest absolute Gasteiger partial charge is 0.219 e. The van der Waals surface area contributed by atoms with Crippen molar-refractivity contribution in [1.29, 1.82) is 0 Å².